The van der Waals surface area contributed by atoms with Crippen molar-refractivity contribution in [3.8, 4) is 0 Å². The second-order valence-corrected chi connectivity index (χ2v) is 7.10. The van der Waals surface area contributed by atoms with Crippen LogP contribution in [-0.4, -0.2) is 23.7 Å². The highest BCUT2D eigenvalue weighted by atomic mass is 32.1. The van der Waals surface area contributed by atoms with Gasteiger partial charge in [-0.15, -0.1) is 11.3 Å². The molecule has 1 aliphatic heterocycles. The Morgan fingerprint density at radius 2 is 2.28 bits per heavy atom. The van der Waals surface area contributed by atoms with E-state index in [2.05, 4.69) is 36.5 Å². The largest absolute Gasteiger partial charge is 0.311 e. The normalized spacial score (nSPS) is 23.0. The quantitative estimate of drug-likeness (QED) is 0.910. The molecule has 0 saturated carbocycles. The number of nitrogens with one attached hydrogen (secondary N) is 1. The highest BCUT2D eigenvalue weighted by Crippen LogP contribution is 2.25. The van der Waals surface area contributed by atoms with E-state index in [9.17, 15) is 4.39 Å². The number of hydrogen-bond acceptors (Lipinski definition) is 3. The van der Waals surface area contributed by atoms with Crippen LogP contribution in [0.1, 0.15) is 50.7 Å². The molecule has 18 heavy (non-hydrogen) atoms. The number of rotatable bonds is 3. The Hall–Kier alpha value is -0.480. The topological polar surface area (TPSA) is 24.9 Å². The summed E-state index contributed by atoms with van der Waals surface area (Å²) in [5.74, 6) is 0. The molecule has 102 valence electrons. The lowest BCUT2D eigenvalue weighted by Crippen LogP contribution is -2.42. The van der Waals surface area contributed by atoms with Crippen LogP contribution < -0.4 is 5.32 Å². The van der Waals surface area contributed by atoms with Crippen molar-refractivity contribution in [3.63, 3.8) is 0 Å². The molecule has 2 rings (SSSR count). The lowest BCUT2D eigenvalue weighted by molar-refractivity contribution is 0.216. The van der Waals surface area contributed by atoms with Crippen molar-refractivity contribution >= 4 is 11.3 Å². The van der Waals surface area contributed by atoms with E-state index in [1.807, 2.05) is 0 Å². The van der Waals surface area contributed by atoms with Gasteiger partial charge in [0.1, 0.15) is 6.17 Å². The lowest BCUT2D eigenvalue weighted by Gasteiger charge is -2.26. The molecule has 2 atom stereocenters. The minimum atomic E-state index is -0.802. The number of thiazole rings is 1. The summed E-state index contributed by atoms with van der Waals surface area (Å²) in [5, 5.41) is 6.27. The Bertz CT molecular complexity index is 377. The number of aromatic nitrogens is 1. The van der Waals surface area contributed by atoms with E-state index >= 15 is 0 Å². The van der Waals surface area contributed by atoms with Crippen LogP contribution in [0.3, 0.4) is 0 Å². The molecule has 0 aromatic carbocycles. The highest BCUT2D eigenvalue weighted by molar-refractivity contribution is 7.09. The maximum Gasteiger partial charge on any atom is 0.122 e. The Morgan fingerprint density at radius 1 is 1.50 bits per heavy atom. The molecular weight excluding hydrogens is 247 g/mol. The summed E-state index contributed by atoms with van der Waals surface area (Å²) in [7, 11) is 0. The van der Waals surface area contributed by atoms with Crippen molar-refractivity contribution in [1.82, 2.24) is 10.3 Å². The standard InChI is InChI=1S/C14H23FN2S/c1-14(2,3)12-9-18-13(17-12)8-10(15)11-6-4-5-7-16-11/h9-11,16H,4-8H2,1-3H3. The van der Waals surface area contributed by atoms with E-state index in [-0.39, 0.29) is 11.5 Å². The van der Waals surface area contributed by atoms with E-state index < -0.39 is 6.17 Å². The fourth-order valence-corrected chi connectivity index (χ4v) is 3.31. The van der Waals surface area contributed by atoms with Gasteiger partial charge in [-0.25, -0.2) is 9.37 Å². The van der Waals surface area contributed by atoms with E-state index in [1.54, 1.807) is 11.3 Å². The maximum atomic E-state index is 14.2. The van der Waals surface area contributed by atoms with E-state index in [4.69, 9.17) is 0 Å². The molecular formula is C14H23FN2S. The third-order valence-corrected chi connectivity index (χ3v) is 4.35. The maximum absolute atomic E-state index is 14.2. The molecule has 1 N–H and O–H groups in total. The van der Waals surface area contributed by atoms with Crippen LogP contribution in [0, 0.1) is 0 Å². The van der Waals surface area contributed by atoms with E-state index in [1.165, 1.54) is 6.42 Å². The molecule has 2 heterocycles. The Kier molecular flexibility index (Phi) is 4.38. The summed E-state index contributed by atoms with van der Waals surface area (Å²) in [6.45, 7) is 7.38. The Labute approximate surface area is 113 Å². The molecule has 4 heteroatoms. The first kappa shape index (κ1) is 13.9. The molecule has 0 radical (unpaired) electrons. The van der Waals surface area contributed by atoms with Gasteiger partial charge in [0.05, 0.1) is 10.7 Å². The molecule has 1 aliphatic rings. The Balaban J connectivity index is 1.94. The van der Waals surface area contributed by atoms with Gasteiger partial charge in [-0.05, 0) is 19.4 Å². The lowest BCUT2D eigenvalue weighted by atomic mass is 9.93. The van der Waals surface area contributed by atoms with Crippen molar-refractivity contribution < 1.29 is 4.39 Å². The first-order valence-electron chi connectivity index (χ1n) is 6.79. The van der Waals surface area contributed by atoms with Crippen LogP contribution in [0.2, 0.25) is 0 Å². The van der Waals surface area contributed by atoms with Crippen LogP contribution >= 0.6 is 11.3 Å². The summed E-state index contributed by atoms with van der Waals surface area (Å²) in [6.07, 6.45) is 2.93. The number of piperidine rings is 1. The van der Waals surface area contributed by atoms with Crippen molar-refractivity contribution in [2.45, 2.75) is 64.1 Å². The summed E-state index contributed by atoms with van der Waals surface area (Å²) < 4.78 is 14.2. The van der Waals surface area contributed by atoms with Gasteiger partial charge in [0.15, 0.2) is 0 Å². The fraction of sp³-hybridized carbons (Fsp3) is 0.786. The summed E-state index contributed by atoms with van der Waals surface area (Å²) in [4.78, 5) is 4.57. The molecule has 0 spiro atoms. The van der Waals surface area contributed by atoms with Gasteiger partial charge >= 0.3 is 0 Å². The van der Waals surface area contributed by atoms with Gasteiger partial charge in [0.25, 0.3) is 0 Å². The fourth-order valence-electron chi connectivity index (χ4n) is 2.25. The number of hydrogen-bond donors (Lipinski definition) is 1. The average Bonchev–Trinajstić information content (AvgIpc) is 2.78. The summed E-state index contributed by atoms with van der Waals surface area (Å²) in [5.41, 5.74) is 1.13. The monoisotopic (exact) mass is 270 g/mol. The zero-order valence-corrected chi connectivity index (χ0v) is 12.3. The molecule has 0 bridgehead atoms. The smallest absolute Gasteiger partial charge is 0.122 e. The second kappa shape index (κ2) is 5.66. The van der Waals surface area contributed by atoms with Crippen LogP contribution in [-0.2, 0) is 11.8 Å². The molecule has 0 aliphatic carbocycles. The van der Waals surface area contributed by atoms with Crippen molar-refractivity contribution in [1.29, 1.82) is 0 Å². The first-order chi connectivity index (χ1) is 8.47. The van der Waals surface area contributed by atoms with Gasteiger partial charge < -0.3 is 5.32 Å². The van der Waals surface area contributed by atoms with Crippen molar-refractivity contribution in [3.05, 3.63) is 16.1 Å². The third kappa shape index (κ3) is 3.51. The molecule has 1 aromatic rings. The van der Waals surface area contributed by atoms with Gasteiger partial charge in [-0.1, -0.05) is 27.2 Å². The second-order valence-electron chi connectivity index (χ2n) is 6.15. The van der Waals surface area contributed by atoms with Crippen LogP contribution in [0.5, 0.6) is 0 Å². The van der Waals surface area contributed by atoms with E-state index in [0.717, 1.165) is 30.1 Å². The average molecular weight is 270 g/mol. The van der Waals surface area contributed by atoms with Crippen LogP contribution in [0.4, 0.5) is 4.39 Å². The molecule has 1 saturated heterocycles. The molecule has 1 fully saturated rings. The molecule has 2 nitrogen and oxygen atoms in total. The molecule has 1 aromatic heterocycles. The number of nitrogens with zero attached hydrogens (tertiary/aromatic N) is 1. The van der Waals surface area contributed by atoms with Crippen LogP contribution in [0.25, 0.3) is 0 Å². The van der Waals surface area contributed by atoms with E-state index in [0.29, 0.717) is 6.42 Å². The number of alkyl halides is 1. The predicted octanol–water partition coefficient (Wildman–Crippen LogP) is 3.46. The molecule has 2 unspecified atom stereocenters. The van der Waals surface area contributed by atoms with Crippen molar-refractivity contribution in [2.75, 3.05) is 6.54 Å². The van der Waals surface area contributed by atoms with Gasteiger partial charge in [0, 0.05) is 23.3 Å². The van der Waals surface area contributed by atoms with Gasteiger partial charge in [-0.2, -0.15) is 0 Å². The minimum Gasteiger partial charge on any atom is -0.311 e. The summed E-state index contributed by atoms with van der Waals surface area (Å²) in [6, 6.07) is 0.0285. The van der Waals surface area contributed by atoms with Crippen molar-refractivity contribution in [2.24, 2.45) is 0 Å². The zero-order valence-electron chi connectivity index (χ0n) is 11.5. The summed E-state index contributed by atoms with van der Waals surface area (Å²) >= 11 is 1.59. The zero-order chi connectivity index (χ0) is 13.2. The Morgan fingerprint density at radius 3 is 2.83 bits per heavy atom. The van der Waals surface area contributed by atoms with Gasteiger partial charge in [-0.3, -0.25) is 0 Å². The van der Waals surface area contributed by atoms with Crippen LogP contribution in [0.15, 0.2) is 5.38 Å². The first-order valence-corrected chi connectivity index (χ1v) is 7.67. The SMILES string of the molecule is CC(C)(C)c1csc(CC(F)C2CCCCN2)n1. The predicted molar refractivity (Wildman–Crippen MR) is 75.1 cm³/mol. The number of halogens is 1. The third-order valence-electron chi connectivity index (χ3n) is 3.47. The van der Waals surface area contributed by atoms with Gasteiger partial charge in [0.2, 0.25) is 0 Å². The minimum absolute atomic E-state index is 0.0285. The highest BCUT2D eigenvalue weighted by Gasteiger charge is 2.25. The molecule has 0 amide bonds.